The van der Waals surface area contributed by atoms with Crippen molar-refractivity contribution in [3.8, 4) is 0 Å². The van der Waals surface area contributed by atoms with Crippen molar-refractivity contribution in [2.24, 2.45) is 0 Å². The summed E-state index contributed by atoms with van der Waals surface area (Å²) in [5.41, 5.74) is 5.83. The molecule has 0 radical (unpaired) electrons. The lowest BCUT2D eigenvalue weighted by molar-refractivity contribution is 0.0937. The number of benzene rings is 2. The Morgan fingerprint density at radius 3 is 2.30 bits per heavy atom. The number of halogens is 2. The van der Waals surface area contributed by atoms with Gasteiger partial charge in [0.05, 0.1) is 0 Å². The minimum Gasteiger partial charge on any atom is -0.368 e. The lowest BCUT2D eigenvalue weighted by Crippen LogP contribution is -2.19. The molecule has 2 aromatic carbocycles. The standard InChI is InChI=1S/C17H14F2N6O2/c1-21-14(26)9-5-7-10(8-6-9)22-17-23-16(20)25(24-17)15(27)13-11(18)3-2-4-12(13)19/h2-8H,1H3,(H,21,26)(H3,20,22,23,24). The van der Waals surface area contributed by atoms with Crippen LogP contribution in [-0.2, 0) is 0 Å². The van der Waals surface area contributed by atoms with E-state index in [2.05, 4.69) is 20.7 Å². The third kappa shape index (κ3) is 3.59. The molecule has 0 aliphatic heterocycles. The summed E-state index contributed by atoms with van der Waals surface area (Å²) in [6.07, 6.45) is 0. The van der Waals surface area contributed by atoms with Crippen LogP contribution >= 0.6 is 0 Å². The number of nitrogens with zero attached hydrogens (tertiary/aromatic N) is 3. The van der Waals surface area contributed by atoms with Crippen LogP contribution in [0.15, 0.2) is 42.5 Å². The normalized spacial score (nSPS) is 10.5. The molecule has 0 unspecified atom stereocenters. The summed E-state index contributed by atoms with van der Waals surface area (Å²) >= 11 is 0. The van der Waals surface area contributed by atoms with E-state index in [-0.39, 0.29) is 17.8 Å². The molecule has 8 nitrogen and oxygen atoms in total. The van der Waals surface area contributed by atoms with Crippen LogP contribution in [-0.4, -0.2) is 33.6 Å². The molecule has 0 atom stereocenters. The summed E-state index contributed by atoms with van der Waals surface area (Å²) in [6.45, 7) is 0. The van der Waals surface area contributed by atoms with Gasteiger partial charge in [0.1, 0.15) is 17.2 Å². The third-order valence-electron chi connectivity index (χ3n) is 3.63. The first kappa shape index (κ1) is 18.0. The zero-order chi connectivity index (χ0) is 19.6. The molecule has 3 aromatic rings. The Bertz CT molecular complexity index is 997. The van der Waals surface area contributed by atoms with Crippen molar-refractivity contribution in [3.63, 3.8) is 0 Å². The van der Waals surface area contributed by atoms with Gasteiger partial charge in [-0.05, 0) is 36.4 Å². The van der Waals surface area contributed by atoms with Gasteiger partial charge in [-0.25, -0.2) is 8.78 Å². The number of carbonyl (C=O) groups excluding carboxylic acids is 2. The Balaban J connectivity index is 1.84. The number of nitrogens with two attached hydrogens (primary N) is 1. The largest absolute Gasteiger partial charge is 0.368 e. The fourth-order valence-corrected chi connectivity index (χ4v) is 2.31. The second kappa shape index (κ2) is 7.20. The van der Waals surface area contributed by atoms with E-state index >= 15 is 0 Å². The van der Waals surface area contributed by atoms with Gasteiger partial charge >= 0.3 is 0 Å². The lowest BCUT2D eigenvalue weighted by Gasteiger charge is -2.04. The average molecular weight is 372 g/mol. The zero-order valence-corrected chi connectivity index (χ0v) is 14.0. The molecule has 10 heteroatoms. The molecule has 3 rings (SSSR count). The molecule has 27 heavy (non-hydrogen) atoms. The van der Waals surface area contributed by atoms with E-state index in [0.29, 0.717) is 15.9 Å². The van der Waals surface area contributed by atoms with E-state index < -0.39 is 23.1 Å². The smallest absolute Gasteiger partial charge is 0.287 e. The molecule has 0 spiro atoms. The maximum absolute atomic E-state index is 13.8. The molecule has 0 saturated carbocycles. The van der Waals surface area contributed by atoms with Crippen LogP contribution in [0.3, 0.4) is 0 Å². The Kier molecular flexibility index (Phi) is 4.79. The molecule has 138 valence electrons. The van der Waals surface area contributed by atoms with Gasteiger partial charge < -0.3 is 16.4 Å². The Hall–Kier alpha value is -3.82. The first-order valence-electron chi connectivity index (χ1n) is 7.71. The first-order chi connectivity index (χ1) is 12.9. The number of carbonyl (C=O) groups is 2. The van der Waals surface area contributed by atoms with Crippen molar-refractivity contribution in [1.29, 1.82) is 0 Å². The van der Waals surface area contributed by atoms with Crippen molar-refractivity contribution < 1.29 is 18.4 Å². The molecular formula is C17H14F2N6O2. The quantitative estimate of drug-likeness (QED) is 0.645. The first-order valence-corrected chi connectivity index (χ1v) is 7.71. The molecule has 4 N–H and O–H groups in total. The van der Waals surface area contributed by atoms with E-state index in [9.17, 15) is 18.4 Å². The van der Waals surface area contributed by atoms with E-state index in [1.54, 1.807) is 24.3 Å². The topological polar surface area (TPSA) is 115 Å². The predicted molar refractivity (Wildman–Crippen MR) is 93.6 cm³/mol. The summed E-state index contributed by atoms with van der Waals surface area (Å²) in [6, 6.07) is 9.39. The highest BCUT2D eigenvalue weighted by molar-refractivity contribution is 5.97. The molecular weight excluding hydrogens is 358 g/mol. The molecule has 1 amide bonds. The van der Waals surface area contributed by atoms with Crippen LogP contribution in [0.4, 0.5) is 26.4 Å². The second-order valence-electron chi connectivity index (χ2n) is 5.39. The summed E-state index contributed by atoms with van der Waals surface area (Å²) < 4.78 is 28.2. The van der Waals surface area contributed by atoms with Crippen molar-refractivity contribution in [2.45, 2.75) is 0 Å². The molecule has 0 bridgehead atoms. The summed E-state index contributed by atoms with van der Waals surface area (Å²) in [4.78, 5) is 27.7. The van der Waals surface area contributed by atoms with Gasteiger partial charge in [0, 0.05) is 18.3 Å². The van der Waals surface area contributed by atoms with E-state index in [0.717, 1.165) is 18.2 Å². The van der Waals surface area contributed by atoms with Gasteiger partial charge in [-0.3, -0.25) is 9.59 Å². The molecule has 1 heterocycles. The van der Waals surface area contributed by atoms with Gasteiger partial charge in [0.15, 0.2) is 0 Å². The number of amides is 1. The van der Waals surface area contributed by atoms with Crippen LogP contribution < -0.4 is 16.4 Å². The van der Waals surface area contributed by atoms with Crippen LogP contribution in [0.1, 0.15) is 20.7 Å². The second-order valence-corrected chi connectivity index (χ2v) is 5.39. The summed E-state index contributed by atoms with van der Waals surface area (Å²) in [5, 5.41) is 9.13. The Labute approximate surface area is 152 Å². The molecule has 0 fully saturated rings. The molecule has 1 aromatic heterocycles. The number of anilines is 3. The monoisotopic (exact) mass is 372 g/mol. The number of hydrogen-bond acceptors (Lipinski definition) is 6. The van der Waals surface area contributed by atoms with Crippen molar-refractivity contribution in [2.75, 3.05) is 18.1 Å². The highest BCUT2D eigenvalue weighted by atomic mass is 19.1. The lowest BCUT2D eigenvalue weighted by atomic mass is 10.2. The number of nitrogens with one attached hydrogen (secondary N) is 2. The van der Waals surface area contributed by atoms with Crippen LogP contribution in [0.5, 0.6) is 0 Å². The number of rotatable bonds is 4. The summed E-state index contributed by atoms with van der Waals surface area (Å²) in [5.74, 6) is -3.79. The Morgan fingerprint density at radius 1 is 1.07 bits per heavy atom. The van der Waals surface area contributed by atoms with Gasteiger partial charge in [-0.15, -0.1) is 5.10 Å². The summed E-state index contributed by atoms with van der Waals surface area (Å²) in [7, 11) is 1.52. The highest BCUT2D eigenvalue weighted by Crippen LogP contribution is 2.18. The third-order valence-corrected chi connectivity index (χ3v) is 3.63. The van der Waals surface area contributed by atoms with Crippen LogP contribution in [0.2, 0.25) is 0 Å². The van der Waals surface area contributed by atoms with E-state index in [1.807, 2.05) is 0 Å². The van der Waals surface area contributed by atoms with Crippen LogP contribution in [0, 0.1) is 11.6 Å². The van der Waals surface area contributed by atoms with E-state index in [1.165, 1.54) is 7.05 Å². The van der Waals surface area contributed by atoms with E-state index in [4.69, 9.17) is 5.73 Å². The number of aromatic nitrogens is 3. The number of hydrogen-bond donors (Lipinski definition) is 3. The predicted octanol–water partition coefficient (Wildman–Crippen LogP) is 1.93. The number of nitrogen functional groups attached to an aromatic ring is 1. The van der Waals surface area contributed by atoms with Crippen molar-refractivity contribution >= 4 is 29.4 Å². The zero-order valence-electron chi connectivity index (χ0n) is 14.0. The Morgan fingerprint density at radius 2 is 1.70 bits per heavy atom. The molecule has 0 aliphatic carbocycles. The maximum Gasteiger partial charge on any atom is 0.287 e. The molecule has 0 aliphatic rings. The van der Waals surface area contributed by atoms with Crippen molar-refractivity contribution in [1.82, 2.24) is 20.1 Å². The van der Waals surface area contributed by atoms with Crippen molar-refractivity contribution in [3.05, 3.63) is 65.2 Å². The SMILES string of the molecule is CNC(=O)c1ccc(Nc2nc(N)n(C(=O)c3c(F)cccc3F)n2)cc1. The van der Waals surface area contributed by atoms with Gasteiger partial charge in [0.2, 0.25) is 11.9 Å². The van der Waals surface area contributed by atoms with Gasteiger partial charge in [-0.2, -0.15) is 9.67 Å². The van der Waals surface area contributed by atoms with Gasteiger partial charge in [-0.1, -0.05) is 6.07 Å². The average Bonchev–Trinajstić information content (AvgIpc) is 3.01. The van der Waals surface area contributed by atoms with Crippen LogP contribution in [0.25, 0.3) is 0 Å². The highest BCUT2D eigenvalue weighted by Gasteiger charge is 2.22. The minimum atomic E-state index is -1.08. The fourth-order valence-electron chi connectivity index (χ4n) is 2.31. The minimum absolute atomic E-state index is 0.0507. The fraction of sp³-hybridized carbons (Fsp3) is 0.0588. The van der Waals surface area contributed by atoms with Gasteiger partial charge in [0.25, 0.3) is 11.8 Å². The molecule has 0 saturated heterocycles. The maximum atomic E-state index is 13.8.